The van der Waals surface area contributed by atoms with Crippen molar-refractivity contribution in [1.82, 2.24) is 0 Å². The highest BCUT2D eigenvalue weighted by atomic mass is 35.5. The predicted octanol–water partition coefficient (Wildman–Crippen LogP) is 5.14. The van der Waals surface area contributed by atoms with Gasteiger partial charge in [0.2, 0.25) is 5.91 Å². The average molecular weight is 434 g/mol. The van der Waals surface area contributed by atoms with Crippen LogP contribution < -0.4 is 16.0 Å². The van der Waals surface area contributed by atoms with E-state index in [9.17, 15) is 18.0 Å². The number of amides is 1. The minimum absolute atomic E-state index is 0. The number of nitrogens with zero attached hydrogens (tertiary/aromatic N) is 1. The van der Waals surface area contributed by atoms with E-state index in [1.165, 1.54) is 6.07 Å². The van der Waals surface area contributed by atoms with Crippen molar-refractivity contribution in [1.29, 1.82) is 0 Å². The highest BCUT2D eigenvalue weighted by Crippen LogP contribution is 2.37. The van der Waals surface area contributed by atoms with E-state index in [0.717, 1.165) is 36.2 Å². The summed E-state index contributed by atoms with van der Waals surface area (Å²) in [5, 5.41) is 2.35. The Kier molecular flexibility index (Phi) is 6.72. The molecule has 0 saturated carbocycles. The Morgan fingerprint density at radius 3 is 2.68 bits per heavy atom. The maximum absolute atomic E-state index is 13.2. The minimum Gasteiger partial charge on any atom is -0.398 e. The van der Waals surface area contributed by atoms with E-state index in [2.05, 4.69) is 5.32 Å². The molecule has 0 fully saturated rings. The lowest BCUT2D eigenvalue weighted by molar-refractivity contribution is -0.137. The molecule has 0 spiro atoms. The molecule has 1 unspecified atom stereocenters. The number of fused-ring (bicyclic) bond motifs is 1. The quantitative estimate of drug-likeness (QED) is 0.658. The van der Waals surface area contributed by atoms with Gasteiger partial charge in [-0.05, 0) is 55.7 Å². The zero-order chi connectivity index (χ0) is 19.8. The number of benzene rings is 2. The molecule has 28 heavy (non-hydrogen) atoms. The number of anilines is 3. The zero-order valence-corrected chi connectivity index (χ0v) is 16.6. The first-order chi connectivity index (χ1) is 12.7. The van der Waals surface area contributed by atoms with Gasteiger partial charge in [0.05, 0.1) is 11.3 Å². The maximum atomic E-state index is 13.2. The number of nitrogens with one attached hydrogen (secondary N) is 1. The molecular formula is C19H20Cl2F3N3O. The number of alkyl halides is 3. The Balaban J connectivity index is 0.00000280. The Bertz CT molecular complexity index is 874. The van der Waals surface area contributed by atoms with E-state index in [-0.39, 0.29) is 23.1 Å². The molecule has 0 saturated heterocycles. The van der Waals surface area contributed by atoms with Gasteiger partial charge in [-0.25, -0.2) is 0 Å². The topological polar surface area (TPSA) is 58.4 Å². The summed E-state index contributed by atoms with van der Waals surface area (Å²) in [4.78, 5) is 14.6. The fraction of sp³-hybridized carbons (Fsp3) is 0.316. The number of nitrogen functional groups attached to an aromatic ring is 1. The summed E-state index contributed by atoms with van der Waals surface area (Å²) in [5.74, 6) is -0.530. The van der Waals surface area contributed by atoms with Crippen LogP contribution in [0.3, 0.4) is 0 Å². The molecule has 2 aromatic rings. The first kappa shape index (κ1) is 22.2. The standard InChI is InChI=1S/C19H19ClF3N3O.ClH/c1-11(26-9-3-4-13-15(24)5-2-6-17(13)26)18(27)25-16-8-7-12(20)10-14(16)19(21,22)23;/h2,5-8,10-11H,3-4,9,24H2,1H3,(H,25,27);1H. The fourth-order valence-corrected chi connectivity index (χ4v) is 3.49. The summed E-state index contributed by atoms with van der Waals surface area (Å²) in [6, 6.07) is 8.10. The molecule has 0 aromatic heterocycles. The normalized spacial score (nSPS) is 14.7. The van der Waals surface area contributed by atoms with Crippen molar-refractivity contribution in [3.8, 4) is 0 Å². The molecule has 0 radical (unpaired) electrons. The lowest BCUT2D eigenvalue weighted by atomic mass is 9.98. The van der Waals surface area contributed by atoms with Gasteiger partial charge in [0, 0.05) is 22.9 Å². The van der Waals surface area contributed by atoms with Gasteiger partial charge in [-0.1, -0.05) is 17.7 Å². The molecule has 3 rings (SSSR count). The van der Waals surface area contributed by atoms with Gasteiger partial charge in [0.1, 0.15) is 6.04 Å². The Labute approximate surface area is 172 Å². The van der Waals surface area contributed by atoms with Crippen LogP contribution in [0.4, 0.5) is 30.2 Å². The van der Waals surface area contributed by atoms with E-state index < -0.39 is 23.7 Å². The number of carbonyl (C=O) groups is 1. The number of rotatable bonds is 3. The van der Waals surface area contributed by atoms with Crippen molar-refractivity contribution in [3.05, 3.63) is 52.5 Å². The largest absolute Gasteiger partial charge is 0.418 e. The molecule has 1 atom stereocenters. The molecule has 3 N–H and O–H groups in total. The van der Waals surface area contributed by atoms with Gasteiger partial charge in [-0.3, -0.25) is 4.79 Å². The van der Waals surface area contributed by atoms with Crippen molar-refractivity contribution in [3.63, 3.8) is 0 Å². The second kappa shape index (κ2) is 8.49. The molecule has 152 valence electrons. The third-order valence-electron chi connectivity index (χ3n) is 4.71. The van der Waals surface area contributed by atoms with Crippen molar-refractivity contribution < 1.29 is 18.0 Å². The van der Waals surface area contributed by atoms with Crippen LogP contribution in [0.25, 0.3) is 0 Å². The molecule has 0 bridgehead atoms. The van der Waals surface area contributed by atoms with Crippen LogP contribution in [0.1, 0.15) is 24.5 Å². The fourth-order valence-electron chi connectivity index (χ4n) is 3.32. The maximum Gasteiger partial charge on any atom is 0.418 e. The molecular weight excluding hydrogens is 414 g/mol. The number of halogens is 5. The molecule has 1 aliphatic rings. The van der Waals surface area contributed by atoms with Crippen LogP contribution in [0.15, 0.2) is 36.4 Å². The van der Waals surface area contributed by atoms with Crippen molar-refractivity contribution in [2.45, 2.75) is 32.0 Å². The second-order valence-electron chi connectivity index (χ2n) is 6.49. The van der Waals surface area contributed by atoms with Gasteiger partial charge in [0.25, 0.3) is 0 Å². The van der Waals surface area contributed by atoms with E-state index in [1.807, 2.05) is 11.0 Å². The SMILES string of the molecule is CC(C(=O)Nc1ccc(Cl)cc1C(F)(F)F)N1CCCc2c(N)cccc21.Cl. The Hall–Kier alpha value is -2.12. The number of hydrogen-bond donors (Lipinski definition) is 2. The zero-order valence-electron chi connectivity index (χ0n) is 15.0. The van der Waals surface area contributed by atoms with Crippen LogP contribution in [0.5, 0.6) is 0 Å². The average Bonchev–Trinajstić information content (AvgIpc) is 2.61. The van der Waals surface area contributed by atoms with Crippen LogP contribution in [0, 0.1) is 0 Å². The highest BCUT2D eigenvalue weighted by molar-refractivity contribution is 6.30. The lowest BCUT2D eigenvalue weighted by Crippen LogP contribution is -2.45. The Morgan fingerprint density at radius 2 is 2.00 bits per heavy atom. The van der Waals surface area contributed by atoms with Gasteiger partial charge in [-0.2, -0.15) is 13.2 Å². The number of carbonyl (C=O) groups excluding carboxylic acids is 1. The first-order valence-corrected chi connectivity index (χ1v) is 8.88. The van der Waals surface area contributed by atoms with Crippen molar-refractivity contribution in [2.24, 2.45) is 0 Å². The van der Waals surface area contributed by atoms with Crippen LogP contribution in [-0.4, -0.2) is 18.5 Å². The molecule has 1 amide bonds. The van der Waals surface area contributed by atoms with Gasteiger partial charge < -0.3 is 16.0 Å². The minimum atomic E-state index is -4.62. The molecule has 9 heteroatoms. The highest BCUT2D eigenvalue weighted by Gasteiger charge is 2.35. The summed E-state index contributed by atoms with van der Waals surface area (Å²) >= 11 is 5.68. The number of nitrogens with two attached hydrogens (primary N) is 1. The molecule has 2 aromatic carbocycles. The van der Waals surface area contributed by atoms with E-state index in [4.69, 9.17) is 17.3 Å². The van der Waals surface area contributed by atoms with Crippen LogP contribution in [-0.2, 0) is 17.4 Å². The predicted molar refractivity (Wildman–Crippen MR) is 108 cm³/mol. The third kappa shape index (κ3) is 4.47. The third-order valence-corrected chi connectivity index (χ3v) is 4.95. The summed E-state index contributed by atoms with van der Waals surface area (Å²) in [6.07, 6.45) is -3.00. The lowest BCUT2D eigenvalue weighted by Gasteiger charge is -2.36. The first-order valence-electron chi connectivity index (χ1n) is 8.50. The molecule has 0 aliphatic carbocycles. The van der Waals surface area contributed by atoms with Gasteiger partial charge in [0.15, 0.2) is 0 Å². The smallest absolute Gasteiger partial charge is 0.398 e. The van der Waals surface area contributed by atoms with E-state index in [0.29, 0.717) is 12.2 Å². The van der Waals surface area contributed by atoms with Crippen LogP contribution >= 0.6 is 24.0 Å². The summed E-state index contributed by atoms with van der Waals surface area (Å²) in [5.41, 5.74) is 7.20. The molecule has 1 aliphatic heterocycles. The molecule has 4 nitrogen and oxygen atoms in total. The number of hydrogen-bond acceptors (Lipinski definition) is 3. The van der Waals surface area contributed by atoms with Crippen LogP contribution in [0.2, 0.25) is 5.02 Å². The van der Waals surface area contributed by atoms with E-state index in [1.54, 1.807) is 19.1 Å². The van der Waals surface area contributed by atoms with Crippen molar-refractivity contribution >= 4 is 47.0 Å². The summed E-state index contributed by atoms with van der Waals surface area (Å²) < 4.78 is 39.7. The second-order valence-corrected chi connectivity index (χ2v) is 6.93. The van der Waals surface area contributed by atoms with Crippen molar-refractivity contribution in [2.75, 3.05) is 22.5 Å². The van der Waals surface area contributed by atoms with E-state index >= 15 is 0 Å². The van der Waals surface area contributed by atoms with Gasteiger partial charge >= 0.3 is 6.18 Å². The Morgan fingerprint density at radius 1 is 1.29 bits per heavy atom. The summed E-state index contributed by atoms with van der Waals surface area (Å²) in [6.45, 7) is 2.29. The van der Waals surface area contributed by atoms with Gasteiger partial charge in [-0.15, -0.1) is 12.4 Å². The molecule has 1 heterocycles. The summed E-state index contributed by atoms with van der Waals surface area (Å²) in [7, 11) is 0. The monoisotopic (exact) mass is 433 g/mol.